The summed E-state index contributed by atoms with van der Waals surface area (Å²) in [6, 6.07) is 2.07. The molecular formula is C10H16N4. The lowest BCUT2D eigenvalue weighted by Gasteiger charge is -2.21. The molecule has 1 aromatic heterocycles. The molecule has 2 rings (SSSR count). The Morgan fingerprint density at radius 3 is 2.71 bits per heavy atom. The van der Waals surface area contributed by atoms with Crippen LogP contribution in [0.5, 0.6) is 0 Å². The van der Waals surface area contributed by atoms with Crippen LogP contribution in [0.15, 0.2) is 6.07 Å². The number of nitrogen functional groups attached to an aromatic ring is 1. The van der Waals surface area contributed by atoms with Gasteiger partial charge in [0.2, 0.25) is 0 Å². The fourth-order valence-corrected chi connectivity index (χ4v) is 1.83. The van der Waals surface area contributed by atoms with Crippen molar-refractivity contribution >= 4 is 5.82 Å². The minimum Gasteiger partial charge on any atom is -0.382 e. The summed E-state index contributed by atoms with van der Waals surface area (Å²) in [5, 5.41) is 11.5. The molecular weight excluding hydrogens is 176 g/mol. The van der Waals surface area contributed by atoms with E-state index in [-0.39, 0.29) is 0 Å². The molecule has 1 aromatic rings. The second-order valence-corrected chi connectivity index (χ2v) is 3.86. The minimum absolute atomic E-state index is 0.544. The topological polar surface area (TPSA) is 63.8 Å². The van der Waals surface area contributed by atoms with E-state index in [0.29, 0.717) is 11.7 Å². The Labute approximate surface area is 83.9 Å². The van der Waals surface area contributed by atoms with Gasteiger partial charge in [0, 0.05) is 5.92 Å². The zero-order chi connectivity index (χ0) is 9.97. The molecule has 0 spiro atoms. The predicted molar refractivity (Wildman–Crippen MR) is 56.0 cm³/mol. The number of aryl methyl sites for hydroxylation is 1. The normalized spacial score (nSPS) is 18.4. The minimum atomic E-state index is 0.544. The number of rotatable bonds is 1. The average Bonchev–Trinajstić information content (AvgIpc) is 2.23. The Bertz CT molecular complexity index is 318. The molecule has 0 aromatic carbocycles. The third kappa shape index (κ3) is 1.85. The molecule has 1 aliphatic heterocycles. The smallest absolute Gasteiger partial charge is 0.149 e. The zero-order valence-electron chi connectivity index (χ0n) is 8.45. The van der Waals surface area contributed by atoms with Crippen molar-refractivity contribution in [2.24, 2.45) is 0 Å². The van der Waals surface area contributed by atoms with Gasteiger partial charge in [-0.05, 0) is 44.5 Å². The van der Waals surface area contributed by atoms with Crippen LogP contribution < -0.4 is 11.1 Å². The number of aromatic nitrogens is 2. The molecule has 1 saturated heterocycles. The van der Waals surface area contributed by atoms with Gasteiger partial charge in [-0.2, -0.15) is 5.10 Å². The van der Waals surface area contributed by atoms with Crippen molar-refractivity contribution in [3.63, 3.8) is 0 Å². The van der Waals surface area contributed by atoms with Gasteiger partial charge >= 0.3 is 0 Å². The lowest BCUT2D eigenvalue weighted by molar-refractivity contribution is 0.450. The summed E-state index contributed by atoms with van der Waals surface area (Å²) in [6.07, 6.45) is 2.30. The van der Waals surface area contributed by atoms with Crippen LogP contribution >= 0.6 is 0 Å². The molecule has 0 radical (unpaired) electrons. The number of hydrogen-bond donors (Lipinski definition) is 2. The Balaban J connectivity index is 2.18. The number of anilines is 1. The van der Waals surface area contributed by atoms with Gasteiger partial charge in [-0.3, -0.25) is 0 Å². The van der Waals surface area contributed by atoms with Gasteiger partial charge in [0.15, 0.2) is 0 Å². The molecule has 2 heterocycles. The fourth-order valence-electron chi connectivity index (χ4n) is 1.83. The maximum Gasteiger partial charge on any atom is 0.149 e. The summed E-state index contributed by atoms with van der Waals surface area (Å²) in [5.41, 5.74) is 7.76. The Hall–Kier alpha value is -1.16. The van der Waals surface area contributed by atoms with Crippen molar-refractivity contribution in [3.8, 4) is 0 Å². The maximum absolute atomic E-state index is 5.63. The van der Waals surface area contributed by atoms with Gasteiger partial charge in [-0.15, -0.1) is 5.10 Å². The highest BCUT2D eigenvalue weighted by molar-refractivity contribution is 5.37. The summed E-state index contributed by atoms with van der Waals surface area (Å²) in [4.78, 5) is 0. The molecule has 3 N–H and O–H groups in total. The van der Waals surface area contributed by atoms with E-state index >= 15 is 0 Å². The van der Waals surface area contributed by atoms with Crippen LogP contribution in [0.25, 0.3) is 0 Å². The van der Waals surface area contributed by atoms with Crippen molar-refractivity contribution in [1.82, 2.24) is 15.5 Å². The third-order valence-corrected chi connectivity index (χ3v) is 2.80. The van der Waals surface area contributed by atoms with Crippen molar-refractivity contribution in [2.45, 2.75) is 25.7 Å². The highest BCUT2D eigenvalue weighted by Gasteiger charge is 2.17. The van der Waals surface area contributed by atoms with Gasteiger partial charge in [-0.25, -0.2) is 0 Å². The lowest BCUT2D eigenvalue weighted by atomic mass is 9.94. The highest BCUT2D eigenvalue weighted by atomic mass is 15.1. The molecule has 14 heavy (non-hydrogen) atoms. The van der Waals surface area contributed by atoms with Crippen LogP contribution in [-0.4, -0.2) is 23.3 Å². The largest absolute Gasteiger partial charge is 0.382 e. The molecule has 4 nitrogen and oxygen atoms in total. The quantitative estimate of drug-likeness (QED) is 0.692. The SMILES string of the molecule is Cc1cc(C2CCNCC2)nnc1N. The standard InChI is InChI=1S/C10H16N4/c1-7-6-9(13-14-10(7)11)8-2-4-12-5-3-8/h6,8,12H,2-5H2,1H3,(H2,11,14). The van der Waals surface area contributed by atoms with Crippen LogP contribution in [0.4, 0.5) is 5.82 Å². The van der Waals surface area contributed by atoms with Crippen LogP contribution in [0.3, 0.4) is 0 Å². The molecule has 0 unspecified atom stereocenters. The number of hydrogen-bond acceptors (Lipinski definition) is 4. The van der Waals surface area contributed by atoms with Gasteiger partial charge in [-0.1, -0.05) is 0 Å². The molecule has 76 valence electrons. The van der Waals surface area contributed by atoms with Gasteiger partial charge in [0.05, 0.1) is 5.69 Å². The van der Waals surface area contributed by atoms with Crippen molar-refractivity contribution in [1.29, 1.82) is 0 Å². The van der Waals surface area contributed by atoms with Gasteiger partial charge in [0.25, 0.3) is 0 Å². The van der Waals surface area contributed by atoms with Crippen LogP contribution in [0.1, 0.15) is 30.0 Å². The first-order valence-electron chi connectivity index (χ1n) is 5.08. The zero-order valence-corrected chi connectivity index (χ0v) is 8.45. The van der Waals surface area contributed by atoms with E-state index < -0.39 is 0 Å². The Morgan fingerprint density at radius 2 is 2.07 bits per heavy atom. The average molecular weight is 192 g/mol. The van der Waals surface area contributed by atoms with E-state index in [9.17, 15) is 0 Å². The first kappa shape index (κ1) is 9.40. The summed E-state index contributed by atoms with van der Waals surface area (Å²) >= 11 is 0. The second-order valence-electron chi connectivity index (χ2n) is 3.86. The number of piperidine rings is 1. The van der Waals surface area contributed by atoms with Gasteiger partial charge in [0.1, 0.15) is 5.82 Å². The summed E-state index contributed by atoms with van der Waals surface area (Å²) in [5.74, 6) is 1.10. The van der Waals surface area contributed by atoms with Crippen molar-refractivity contribution in [3.05, 3.63) is 17.3 Å². The number of nitrogens with two attached hydrogens (primary N) is 1. The van der Waals surface area contributed by atoms with Crippen LogP contribution in [0, 0.1) is 6.92 Å². The summed E-state index contributed by atoms with van der Waals surface area (Å²) in [7, 11) is 0. The Morgan fingerprint density at radius 1 is 1.36 bits per heavy atom. The lowest BCUT2D eigenvalue weighted by Crippen LogP contribution is -2.27. The molecule has 1 aliphatic rings. The molecule has 0 atom stereocenters. The van der Waals surface area contributed by atoms with Gasteiger partial charge < -0.3 is 11.1 Å². The second kappa shape index (κ2) is 3.92. The van der Waals surface area contributed by atoms with E-state index in [4.69, 9.17) is 5.73 Å². The molecule has 0 aliphatic carbocycles. The monoisotopic (exact) mass is 192 g/mol. The van der Waals surface area contributed by atoms with Crippen molar-refractivity contribution < 1.29 is 0 Å². The molecule has 1 fully saturated rings. The first-order valence-corrected chi connectivity index (χ1v) is 5.08. The van der Waals surface area contributed by atoms with Crippen LogP contribution in [-0.2, 0) is 0 Å². The fraction of sp³-hybridized carbons (Fsp3) is 0.600. The highest BCUT2D eigenvalue weighted by Crippen LogP contribution is 2.24. The summed E-state index contributed by atoms with van der Waals surface area (Å²) < 4.78 is 0. The van der Waals surface area contributed by atoms with E-state index in [2.05, 4.69) is 21.6 Å². The van der Waals surface area contributed by atoms with Crippen LogP contribution in [0.2, 0.25) is 0 Å². The van der Waals surface area contributed by atoms with E-state index in [1.807, 2.05) is 6.92 Å². The third-order valence-electron chi connectivity index (χ3n) is 2.80. The molecule has 4 heteroatoms. The predicted octanol–water partition coefficient (Wildman–Crippen LogP) is 0.834. The maximum atomic E-state index is 5.63. The molecule has 0 amide bonds. The number of nitrogens with zero attached hydrogens (tertiary/aromatic N) is 2. The van der Waals surface area contributed by atoms with E-state index in [0.717, 1.165) is 37.2 Å². The van der Waals surface area contributed by atoms with E-state index in [1.165, 1.54) is 0 Å². The van der Waals surface area contributed by atoms with E-state index in [1.54, 1.807) is 0 Å². The van der Waals surface area contributed by atoms with Crippen molar-refractivity contribution in [2.75, 3.05) is 18.8 Å². The molecule has 0 saturated carbocycles. The Kier molecular flexibility index (Phi) is 2.63. The summed E-state index contributed by atoms with van der Waals surface area (Å²) in [6.45, 7) is 4.14. The number of nitrogens with one attached hydrogen (secondary N) is 1. The first-order chi connectivity index (χ1) is 6.77. The molecule has 0 bridgehead atoms.